The average molecular weight is 274 g/mol. The molecule has 1 aliphatic rings. The first-order valence-corrected chi connectivity index (χ1v) is 6.45. The third-order valence-electron chi connectivity index (χ3n) is 2.88. The maximum atomic E-state index is 11.7. The summed E-state index contributed by atoms with van der Waals surface area (Å²) in [5.41, 5.74) is -0.383. The predicted molar refractivity (Wildman–Crippen MR) is 65.7 cm³/mol. The van der Waals surface area contributed by atoms with Gasteiger partial charge in [-0.2, -0.15) is 0 Å². The maximum absolute atomic E-state index is 11.7. The van der Waals surface area contributed by atoms with E-state index in [0.29, 0.717) is 18.6 Å². The minimum Gasteiger partial charge on any atom is -0.352 e. The van der Waals surface area contributed by atoms with E-state index >= 15 is 0 Å². The molecule has 1 aromatic heterocycles. The predicted octanol–water partition coefficient (Wildman–Crippen LogP) is 0.0400. The Morgan fingerprint density at radius 1 is 1.61 bits per heavy atom. The molecule has 2 N–H and O–H groups in total. The first kappa shape index (κ1) is 13.4. The van der Waals surface area contributed by atoms with Crippen LogP contribution < -0.4 is 11.2 Å². The molecule has 0 bridgehead atoms. The Balaban J connectivity index is 2.12. The fraction of sp³-hybridized carbons (Fsp3) is 0.600. The first-order chi connectivity index (χ1) is 8.61. The number of rotatable bonds is 4. The summed E-state index contributed by atoms with van der Waals surface area (Å²) in [7, 11) is -0.559. The molecule has 0 radical (unpaired) electrons. The van der Waals surface area contributed by atoms with Crippen LogP contribution in [-0.2, 0) is 9.26 Å². The smallest absolute Gasteiger partial charge is 0.330 e. The fourth-order valence-corrected chi connectivity index (χ4v) is 2.20. The van der Waals surface area contributed by atoms with Gasteiger partial charge in [-0.05, 0) is 19.8 Å². The van der Waals surface area contributed by atoms with Gasteiger partial charge < -0.3 is 14.2 Å². The van der Waals surface area contributed by atoms with Crippen molar-refractivity contribution < 1.29 is 14.2 Å². The number of H-pyrrole nitrogens is 1. The largest absolute Gasteiger partial charge is 0.352 e. The van der Waals surface area contributed by atoms with Crippen molar-refractivity contribution in [3.05, 3.63) is 32.6 Å². The lowest BCUT2D eigenvalue weighted by atomic mass is 10.2. The summed E-state index contributed by atoms with van der Waals surface area (Å²) in [6, 6.07) is 0. The lowest BCUT2D eigenvalue weighted by molar-refractivity contribution is -0.0190. The molecule has 0 spiro atoms. The van der Waals surface area contributed by atoms with Gasteiger partial charge in [0.2, 0.25) is 0 Å². The van der Waals surface area contributed by atoms with Gasteiger partial charge >= 0.3 is 5.69 Å². The summed E-state index contributed by atoms with van der Waals surface area (Å²) in [5.74, 6) is 0. The lowest BCUT2D eigenvalue weighted by Gasteiger charge is -2.15. The number of hydrogen-bond acceptors (Lipinski definition) is 5. The van der Waals surface area contributed by atoms with E-state index in [4.69, 9.17) is 14.2 Å². The van der Waals surface area contributed by atoms with Gasteiger partial charge in [-0.15, -0.1) is 0 Å². The molecule has 7 nitrogen and oxygen atoms in total. The molecule has 1 aromatic rings. The molecule has 0 saturated carbocycles. The van der Waals surface area contributed by atoms with E-state index in [2.05, 4.69) is 4.98 Å². The van der Waals surface area contributed by atoms with E-state index in [9.17, 15) is 9.59 Å². The molecule has 0 aromatic carbocycles. The van der Waals surface area contributed by atoms with Crippen molar-refractivity contribution in [1.29, 1.82) is 0 Å². The first-order valence-electron chi connectivity index (χ1n) is 5.60. The zero-order valence-corrected chi connectivity index (χ0v) is 10.9. The van der Waals surface area contributed by atoms with Gasteiger partial charge in [0.1, 0.15) is 6.23 Å². The van der Waals surface area contributed by atoms with Gasteiger partial charge in [0, 0.05) is 11.8 Å². The van der Waals surface area contributed by atoms with E-state index in [1.165, 1.54) is 10.8 Å². The van der Waals surface area contributed by atoms with Crippen LogP contribution in [0, 0.1) is 6.92 Å². The maximum Gasteiger partial charge on any atom is 0.330 e. The van der Waals surface area contributed by atoms with Crippen LogP contribution in [0.1, 0.15) is 24.6 Å². The van der Waals surface area contributed by atoms with E-state index in [-0.39, 0.29) is 17.9 Å². The second-order valence-electron chi connectivity index (χ2n) is 4.17. The molecule has 2 heterocycles. The van der Waals surface area contributed by atoms with Gasteiger partial charge in [-0.3, -0.25) is 14.3 Å². The third-order valence-corrected chi connectivity index (χ3v) is 3.17. The van der Waals surface area contributed by atoms with E-state index in [0.717, 1.165) is 6.42 Å². The molecular weight excluding hydrogens is 259 g/mol. The van der Waals surface area contributed by atoms with Crippen LogP contribution in [0.2, 0.25) is 0 Å². The molecule has 0 amide bonds. The summed E-state index contributed by atoms with van der Waals surface area (Å²) < 4.78 is 11.9. The standard InChI is InChI=1S/C10H15N2O5P/c1-6-4-12(10(14)11-9(6)13)8-3-2-7(17-8)5-16-18-15/h4,7-8,15,18H,2-3,5H2,1H3,(H,11,13,14)/t7-,8+/m0/s1. The van der Waals surface area contributed by atoms with Gasteiger partial charge in [0.05, 0.1) is 12.7 Å². The summed E-state index contributed by atoms with van der Waals surface area (Å²) in [5, 5.41) is 0. The third kappa shape index (κ3) is 2.87. The van der Waals surface area contributed by atoms with Gasteiger partial charge in [0.25, 0.3) is 5.56 Å². The van der Waals surface area contributed by atoms with Crippen molar-refractivity contribution in [1.82, 2.24) is 9.55 Å². The number of nitrogens with one attached hydrogen (secondary N) is 1. The minimum absolute atomic E-state index is 0.131. The van der Waals surface area contributed by atoms with Crippen LogP contribution in [0.15, 0.2) is 15.8 Å². The molecule has 1 saturated heterocycles. The van der Waals surface area contributed by atoms with E-state index in [1.807, 2.05) is 0 Å². The molecule has 100 valence electrons. The Bertz CT molecular complexity index is 526. The summed E-state index contributed by atoms with van der Waals surface area (Å²) >= 11 is 0. The number of aromatic amines is 1. The molecule has 8 heteroatoms. The van der Waals surface area contributed by atoms with Crippen molar-refractivity contribution in [3.63, 3.8) is 0 Å². The van der Waals surface area contributed by atoms with Crippen molar-refractivity contribution in [2.45, 2.75) is 32.1 Å². The van der Waals surface area contributed by atoms with Crippen LogP contribution in [-0.4, -0.2) is 27.2 Å². The molecule has 1 unspecified atom stereocenters. The van der Waals surface area contributed by atoms with Crippen LogP contribution in [0.4, 0.5) is 0 Å². The molecule has 2 rings (SSSR count). The zero-order valence-electron chi connectivity index (χ0n) is 9.88. The second kappa shape index (κ2) is 5.75. The van der Waals surface area contributed by atoms with Gasteiger partial charge in [-0.25, -0.2) is 4.79 Å². The highest BCUT2D eigenvalue weighted by atomic mass is 31.1. The quantitative estimate of drug-likeness (QED) is 0.756. The van der Waals surface area contributed by atoms with E-state index in [1.54, 1.807) is 6.92 Å². The second-order valence-corrected chi connectivity index (χ2v) is 4.64. The average Bonchev–Trinajstić information content (AvgIpc) is 2.79. The summed E-state index contributed by atoms with van der Waals surface area (Å²) in [6.45, 7) is 1.94. The Kier molecular flexibility index (Phi) is 4.29. The molecule has 0 aliphatic carbocycles. The van der Waals surface area contributed by atoms with Crippen molar-refractivity contribution in [2.24, 2.45) is 0 Å². The number of aromatic nitrogens is 2. The molecule has 1 aliphatic heterocycles. The Morgan fingerprint density at radius 3 is 3.11 bits per heavy atom. The molecule has 1 fully saturated rings. The topological polar surface area (TPSA) is 93.6 Å². The van der Waals surface area contributed by atoms with Crippen LogP contribution in [0.25, 0.3) is 0 Å². The van der Waals surface area contributed by atoms with Crippen molar-refractivity contribution in [3.8, 4) is 0 Å². The fourth-order valence-electron chi connectivity index (χ4n) is 1.94. The molecule has 18 heavy (non-hydrogen) atoms. The number of ether oxygens (including phenoxy) is 1. The summed E-state index contributed by atoms with van der Waals surface area (Å²) in [6.07, 6.45) is 2.41. The lowest BCUT2D eigenvalue weighted by Crippen LogP contribution is -2.33. The van der Waals surface area contributed by atoms with Crippen molar-refractivity contribution in [2.75, 3.05) is 6.61 Å². The molecule has 3 atom stereocenters. The van der Waals surface area contributed by atoms with Crippen molar-refractivity contribution >= 4 is 9.03 Å². The Hall–Kier alpha value is -1.01. The minimum atomic E-state index is -0.559. The Labute approximate surface area is 105 Å². The van der Waals surface area contributed by atoms with Crippen LogP contribution in [0.3, 0.4) is 0 Å². The van der Waals surface area contributed by atoms with E-state index < -0.39 is 14.7 Å². The SMILES string of the molecule is Cc1cn([C@H]2CC[C@@H](COPO)O2)c(=O)[nH]c1=O. The highest BCUT2D eigenvalue weighted by molar-refractivity contribution is 7.24. The normalized spacial score (nSPS) is 24.1. The van der Waals surface area contributed by atoms with Gasteiger partial charge in [0.15, 0.2) is 9.03 Å². The zero-order chi connectivity index (χ0) is 13.1. The monoisotopic (exact) mass is 274 g/mol. The number of nitrogens with zero attached hydrogens (tertiary/aromatic N) is 1. The number of hydrogen-bond donors (Lipinski definition) is 2. The number of aryl methyl sites for hydroxylation is 1. The van der Waals surface area contributed by atoms with Gasteiger partial charge in [-0.1, -0.05) is 0 Å². The highest BCUT2D eigenvalue weighted by Crippen LogP contribution is 2.27. The Morgan fingerprint density at radius 2 is 2.39 bits per heavy atom. The molecular formula is C10H15N2O5P. The van der Waals surface area contributed by atoms with Crippen LogP contribution in [0.5, 0.6) is 0 Å². The summed E-state index contributed by atoms with van der Waals surface area (Å²) in [4.78, 5) is 33.7. The highest BCUT2D eigenvalue weighted by Gasteiger charge is 2.27. The van der Waals surface area contributed by atoms with Crippen LogP contribution >= 0.6 is 9.03 Å².